The summed E-state index contributed by atoms with van der Waals surface area (Å²) >= 11 is 0. The highest BCUT2D eigenvalue weighted by molar-refractivity contribution is 5.70. The first-order valence-corrected chi connectivity index (χ1v) is 5.04. The van der Waals surface area contributed by atoms with Gasteiger partial charge in [-0.1, -0.05) is 0 Å². The molecule has 2 N–H and O–H groups in total. The van der Waals surface area contributed by atoms with Crippen molar-refractivity contribution in [2.24, 2.45) is 0 Å². The number of rotatable bonds is 0. The normalized spacial score (nSPS) is 22.9. The molecule has 1 aromatic heterocycles. The molecule has 6 heteroatoms. The number of hydrogen-bond donors (Lipinski definition) is 1. The van der Waals surface area contributed by atoms with Crippen LogP contribution in [-0.2, 0) is 11.3 Å². The molecule has 0 spiro atoms. The zero-order chi connectivity index (χ0) is 11.1. The number of aromatic nitrogens is 1. The first-order chi connectivity index (χ1) is 7.74. The van der Waals surface area contributed by atoms with Gasteiger partial charge in [-0.15, -0.1) is 0 Å². The Morgan fingerprint density at radius 1 is 1.44 bits per heavy atom. The SMILES string of the molecule is Nc1cnc2c(c1)CN1C(=O)OC[C@H]1CO2. The minimum absolute atomic E-state index is 0.0251. The van der Waals surface area contributed by atoms with Gasteiger partial charge in [0, 0.05) is 5.56 Å². The second kappa shape index (κ2) is 3.26. The number of pyridine rings is 1. The number of carbonyl (C=O) groups excluding carboxylic acids is 1. The number of nitrogens with two attached hydrogens (primary N) is 1. The Hall–Kier alpha value is -1.98. The topological polar surface area (TPSA) is 77.7 Å². The maximum atomic E-state index is 11.5. The molecular formula is C10H11N3O3. The van der Waals surface area contributed by atoms with Crippen LogP contribution in [0.4, 0.5) is 10.5 Å². The average molecular weight is 221 g/mol. The molecule has 0 aromatic carbocycles. The summed E-state index contributed by atoms with van der Waals surface area (Å²) in [5, 5.41) is 0. The Bertz CT molecular complexity index is 449. The summed E-state index contributed by atoms with van der Waals surface area (Å²) < 4.78 is 10.5. The molecule has 6 nitrogen and oxygen atoms in total. The molecule has 0 radical (unpaired) electrons. The molecule has 0 bridgehead atoms. The summed E-state index contributed by atoms with van der Waals surface area (Å²) in [6, 6.07) is 1.75. The number of ether oxygens (including phenoxy) is 2. The van der Waals surface area contributed by atoms with E-state index < -0.39 is 0 Å². The van der Waals surface area contributed by atoms with E-state index in [0.717, 1.165) is 5.56 Å². The second-order valence-electron chi connectivity index (χ2n) is 3.90. The zero-order valence-corrected chi connectivity index (χ0v) is 8.55. The molecule has 3 rings (SSSR count). The van der Waals surface area contributed by atoms with Crippen molar-refractivity contribution in [2.45, 2.75) is 12.6 Å². The number of fused-ring (bicyclic) bond motifs is 2. The van der Waals surface area contributed by atoms with Crippen molar-refractivity contribution in [1.29, 1.82) is 0 Å². The zero-order valence-electron chi connectivity index (χ0n) is 8.55. The smallest absolute Gasteiger partial charge is 0.410 e. The van der Waals surface area contributed by atoms with Crippen molar-refractivity contribution in [3.05, 3.63) is 17.8 Å². The lowest BCUT2D eigenvalue weighted by atomic mass is 10.2. The lowest BCUT2D eigenvalue weighted by Gasteiger charge is -2.16. The van der Waals surface area contributed by atoms with E-state index >= 15 is 0 Å². The Morgan fingerprint density at radius 2 is 2.25 bits per heavy atom. The first-order valence-electron chi connectivity index (χ1n) is 5.04. The third kappa shape index (κ3) is 1.34. The summed E-state index contributed by atoms with van der Waals surface area (Å²) in [6.45, 7) is 1.23. The second-order valence-corrected chi connectivity index (χ2v) is 3.90. The monoisotopic (exact) mass is 221 g/mol. The number of cyclic esters (lactones) is 1. The van der Waals surface area contributed by atoms with E-state index in [0.29, 0.717) is 31.3 Å². The Morgan fingerprint density at radius 3 is 3.12 bits per heavy atom. The summed E-state index contributed by atoms with van der Waals surface area (Å²) in [4.78, 5) is 17.2. The van der Waals surface area contributed by atoms with E-state index in [9.17, 15) is 4.79 Å². The summed E-state index contributed by atoms with van der Waals surface area (Å²) in [7, 11) is 0. The number of nitrogens with zero attached hydrogens (tertiary/aromatic N) is 2. The molecule has 1 saturated heterocycles. The number of carbonyl (C=O) groups is 1. The van der Waals surface area contributed by atoms with Gasteiger partial charge >= 0.3 is 6.09 Å². The fraction of sp³-hybridized carbons (Fsp3) is 0.400. The minimum Gasteiger partial charge on any atom is -0.475 e. The van der Waals surface area contributed by atoms with Gasteiger partial charge in [-0.05, 0) is 6.07 Å². The van der Waals surface area contributed by atoms with E-state index in [-0.39, 0.29) is 12.1 Å². The van der Waals surface area contributed by atoms with Crippen molar-refractivity contribution in [3.8, 4) is 5.88 Å². The fourth-order valence-electron chi connectivity index (χ4n) is 1.94. The van der Waals surface area contributed by atoms with Crippen LogP contribution in [0.3, 0.4) is 0 Å². The molecule has 1 fully saturated rings. The molecule has 0 saturated carbocycles. The quantitative estimate of drug-likeness (QED) is 0.685. The summed E-state index contributed by atoms with van der Waals surface area (Å²) in [6.07, 6.45) is 1.25. The summed E-state index contributed by atoms with van der Waals surface area (Å²) in [5.41, 5.74) is 7.04. The third-order valence-electron chi connectivity index (χ3n) is 2.77. The van der Waals surface area contributed by atoms with E-state index in [1.165, 1.54) is 0 Å². The highest BCUT2D eigenvalue weighted by atomic mass is 16.6. The predicted molar refractivity (Wildman–Crippen MR) is 54.8 cm³/mol. The maximum Gasteiger partial charge on any atom is 0.410 e. The van der Waals surface area contributed by atoms with Crippen molar-refractivity contribution in [1.82, 2.24) is 9.88 Å². The molecule has 84 valence electrons. The highest BCUT2D eigenvalue weighted by Crippen LogP contribution is 2.27. The molecule has 0 unspecified atom stereocenters. The number of amides is 1. The van der Waals surface area contributed by atoms with Gasteiger partial charge in [-0.3, -0.25) is 4.90 Å². The molecule has 16 heavy (non-hydrogen) atoms. The van der Waals surface area contributed by atoms with Crippen molar-refractivity contribution in [3.63, 3.8) is 0 Å². The molecule has 3 heterocycles. The van der Waals surface area contributed by atoms with Gasteiger partial charge in [0.2, 0.25) is 5.88 Å². The largest absolute Gasteiger partial charge is 0.475 e. The van der Waals surface area contributed by atoms with Crippen LogP contribution in [0.1, 0.15) is 5.56 Å². The van der Waals surface area contributed by atoms with Gasteiger partial charge in [0.15, 0.2) is 0 Å². The van der Waals surface area contributed by atoms with E-state index in [1.807, 2.05) is 0 Å². The van der Waals surface area contributed by atoms with Gasteiger partial charge < -0.3 is 15.2 Å². The predicted octanol–water partition coefficient (Wildman–Crippen LogP) is 0.377. The van der Waals surface area contributed by atoms with Crippen LogP contribution >= 0.6 is 0 Å². The molecule has 1 aromatic rings. The lowest BCUT2D eigenvalue weighted by molar-refractivity contribution is 0.156. The minimum atomic E-state index is -0.302. The standard InChI is InChI=1S/C10H11N3O3/c11-7-1-6-3-13-8(5-16-10(13)14)4-15-9(6)12-2-7/h1-2,8H,3-5,11H2/t8-/m1/s1. The van der Waals surface area contributed by atoms with Crippen LogP contribution in [0.2, 0.25) is 0 Å². The Labute approximate surface area is 92.0 Å². The maximum absolute atomic E-state index is 11.5. The van der Waals surface area contributed by atoms with Gasteiger partial charge in [0.25, 0.3) is 0 Å². The number of nitrogen functional groups attached to an aromatic ring is 1. The molecule has 2 aliphatic heterocycles. The fourth-order valence-corrected chi connectivity index (χ4v) is 1.94. The third-order valence-corrected chi connectivity index (χ3v) is 2.77. The highest BCUT2D eigenvalue weighted by Gasteiger charge is 2.36. The lowest BCUT2D eigenvalue weighted by Crippen LogP contribution is -2.35. The number of anilines is 1. The molecule has 2 aliphatic rings. The van der Waals surface area contributed by atoms with Gasteiger partial charge in [-0.2, -0.15) is 0 Å². The van der Waals surface area contributed by atoms with Crippen LogP contribution < -0.4 is 10.5 Å². The summed E-state index contributed by atoms with van der Waals surface area (Å²) in [5.74, 6) is 0.552. The molecule has 1 atom stereocenters. The van der Waals surface area contributed by atoms with E-state index in [2.05, 4.69) is 4.98 Å². The van der Waals surface area contributed by atoms with Gasteiger partial charge in [-0.25, -0.2) is 9.78 Å². The van der Waals surface area contributed by atoms with Crippen LogP contribution in [0, 0.1) is 0 Å². The first kappa shape index (κ1) is 9.26. The molecule has 0 aliphatic carbocycles. The van der Waals surface area contributed by atoms with Crippen molar-refractivity contribution < 1.29 is 14.3 Å². The van der Waals surface area contributed by atoms with Crippen LogP contribution in [0.15, 0.2) is 12.3 Å². The van der Waals surface area contributed by atoms with Crippen LogP contribution in [0.5, 0.6) is 5.88 Å². The molecular weight excluding hydrogens is 210 g/mol. The van der Waals surface area contributed by atoms with E-state index in [1.54, 1.807) is 17.2 Å². The van der Waals surface area contributed by atoms with Crippen molar-refractivity contribution in [2.75, 3.05) is 18.9 Å². The number of hydrogen-bond acceptors (Lipinski definition) is 5. The van der Waals surface area contributed by atoms with Crippen LogP contribution in [0.25, 0.3) is 0 Å². The molecule has 1 amide bonds. The van der Waals surface area contributed by atoms with E-state index in [4.69, 9.17) is 15.2 Å². The Balaban J connectivity index is 1.97. The van der Waals surface area contributed by atoms with Crippen molar-refractivity contribution >= 4 is 11.8 Å². The average Bonchev–Trinajstić information content (AvgIpc) is 2.51. The van der Waals surface area contributed by atoms with Gasteiger partial charge in [0.1, 0.15) is 19.3 Å². The van der Waals surface area contributed by atoms with Crippen LogP contribution in [-0.4, -0.2) is 35.2 Å². The van der Waals surface area contributed by atoms with Gasteiger partial charge in [0.05, 0.1) is 18.4 Å². The Kier molecular flexibility index (Phi) is 1.89.